The van der Waals surface area contributed by atoms with Crippen LogP contribution in [0.2, 0.25) is 0 Å². The molecule has 0 aliphatic rings. The summed E-state index contributed by atoms with van der Waals surface area (Å²) in [5, 5.41) is 0. The molecule has 2 aromatic rings. The molecular weight excluding hydrogens is 328 g/mol. The Morgan fingerprint density at radius 2 is 1.69 bits per heavy atom. The molecule has 26 heavy (non-hydrogen) atoms. The lowest BCUT2D eigenvalue weighted by molar-refractivity contribution is 0.300. The van der Waals surface area contributed by atoms with E-state index >= 15 is 0 Å². The van der Waals surface area contributed by atoms with Crippen LogP contribution in [-0.4, -0.2) is 55.5 Å². The van der Waals surface area contributed by atoms with Crippen LogP contribution in [0.1, 0.15) is 18.9 Å². The summed E-state index contributed by atoms with van der Waals surface area (Å²) in [6, 6.07) is 11.5. The monoisotopic (exact) mass is 356 g/mol. The highest BCUT2D eigenvalue weighted by Crippen LogP contribution is 2.32. The Kier molecular flexibility index (Phi) is 7.26. The lowest BCUT2D eigenvalue weighted by Crippen LogP contribution is -2.35. The normalized spacial score (nSPS) is 10.2. The van der Waals surface area contributed by atoms with E-state index in [1.54, 1.807) is 6.20 Å². The van der Waals surface area contributed by atoms with Crippen molar-refractivity contribution < 1.29 is 9.47 Å². The van der Waals surface area contributed by atoms with Gasteiger partial charge in [-0.1, -0.05) is 25.1 Å². The topological polar surface area (TPSA) is 50.2 Å². The highest BCUT2D eigenvalue weighted by molar-refractivity contribution is 5.79. The standard InChI is InChI=1S/C20H28N4O2/c1-6-14-25-17-11-7-8-12-18(17)26-19-16(10-9-13-21-19)15-22-20(23(2)3)24(4)5/h7-13H,6,14-15H2,1-5H3. The Morgan fingerprint density at radius 3 is 2.35 bits per heavy atom. The summed E-state index contributed by atoms with van der Waals surface area (Å²) in [6.45, 7) is 3.20. The smallest absolute Gasteiger partial charge is 0.224 e. The SMILES string of the molecule is CCCOc1ccccc1Oc1ncccc1CN=C(N(C)C)N(C)C. The Labute approximate surface area is 156 Å². The molecule has 0 saturated heterocycles. The molecule has 0 N–H and O–H groups in total. The van der Waals surface area contributed by atoms with Crippen LogP contribution in [0.4, 0.5) is 0 Å². The fourth-order valence-electron chi connectivity index (χ4n) is 2.44. The zero-order valence-electron chi connectivity index (χ0n) is 16.3. The highest BCUT2D eigenvalue weighted by atomic mass is 16.5. The van der Waals surface area contributed by atoms with E-state index in [0.29, 0.717) is 24.8 Å². The van der Waals surface area contributed by atoms with Gasteiger partial charge < -0.3 is 19.3 Å². The van der Waals surface area contributed by atoms with Crippen molar-refractivity contribution in [1.82, 2.24) is 14.8 Å². The molecule has 0 unspecified atom stereocenters. The molecule has 0 atom stereocenters. The van der Waals surface area contributed by atoms with Crippen molar-refractivity contribution in [2.45, 2.75) is 19.9 Å². The van der Waals surface area contributed by atoms with Crippen molar-refractivity contribution in [1.29, 1.82) is 0 Å². The number of hydrogen-bond donors (Lipinski definition) is 0. The van der Waals surface area contributed by atoms with Gasteiger partial charge in [-0.05, 0) is 24.6 Å². The molecule has 6 nitrogen and oxygen atoms in total. The summed E-state index contributed by atoms with van der Waals surface area (Å²) in [7, 11) is 7.89. The predicted molar refractivity (Wildman–Crippen MR) is 105 cm³/mol. The molecule has 0 saturated carbocycles. The number of aliphatic imine (C=N–C) groups is 1. The van der Waals surface area contributed by atoms with Gasteiger partial charge in [0.2, 0.25) is 5.88 Å². The van der Waals surface area contributed by atoms with E-state index in [1.807, 2.05) is 74.4 Å². The molecule has 0 radical (unpaired) electrons. The average Bonchev–Trinajstić information content (AvgIpc) is 2.62. The van der Waals surface area contributed by atoms with Gasteiger partial charge in [0.1, 0.15) is 0 Å². The van der Waals surface area contributed by atoms with Gasteiger partial charge in [-0.2, -0.15) is 0 Å². The molecular formula is C20H28N4O2. The van der Waals surface area contributed by atoms with Crippen LogP contribution < -0.4 is 9.47 Å². The lowest BCUT2D eigenvalue weighted by atomic mass is 10.2. The Hall–Kier alpha value is -2.76. The second-order valence-corrected chi connectivity index (χ2v) is 6.27. The van der Waals surface area contributed by atoms with Crippen molar-refractivity contribution in [3.8, 4) is 17.4 Å². The number of ether oxygens (including phenoxy) is 2. The van der Waals surface area contributed by atoms with Gasteiger partial charge in [-0.15, -0.1) is 0 Å². The van der Waals surface area contributed by atoms with E-state index in [-0.39, 0.29) is 0 Å². The van der Waals surface area contributed by atoms with Gasteiger partial charge in [0.25, 0.3) is 0 Å². The van der Waals surface area contributed by atoms with Crippen LogP contribution in [0, 0.1) is 0 Å². The summed E-state index contributed by atoms with van der Waals surface area (Å²) in [4.78, 5) is 13.0. The Morgan fingerprint density at radius 1 is 1.00 bits per heavy atom. The summed E-state index contributed by atoms with van der Waals surface area (Å²) < 4.78 is 11.8. The molecule has 0 amide bonds. The van der Waals surface area contributed by atoms with Gasteiger partial charge in [0.15, 0.2) is 17.5 Å². The summed E-state index contributed by atoms with van der Waals surface area (Å²) >= 11 is 0. The van der Waals surface area contributed by atoms with E-state index in [0.717, 1.165) is 23.7 Å². The third-order valence-corrected chi connectivity index (χ3v) is 3.56. The molecule has 1 aromatic carbocycles. The van der Waals surface area contributed by atoms with Crippen LogP contribution >= 0.6 is 0 Å². The van der Waals surface area contributed by atoms with Crippen molar-refractivity contribution in [3.05, 3.63) is 48.2 Å². The van der Waals surface area contributed by atoms with Gasteiger partial charge in [-0.25, -0.2) is 9.98 Å². The Bertz CT molecular complexity index is 719. The molecule has 2 rings (SSSR count). The number of rotatable bonds is 7. The van der Waals surface area contributed by atoms with E-state index in [4.69, 9.17) is 9.47 Å². The van der Waals surface area contributed by atoms with E-state index in [1.165, 1.54) is 0 Å². The van der Waals surface area contributed by atoms with Crippen molar-refractivity contribution in [3.63, 3.8) is 0 Å². The van der Waals surface area contributed by atoms with Crippen molar-refractivity contribution in [2.75, 3.05) is 34.8 Å². The number of hydrogen-bond acceptors (Lipinski definition) is 4. The molecule has 0 fully saturated rings. The van der Waals surface area contributed by atoms with E-state index < -0.39 is 0 Å². The quantitative estimate of drug-likeness (QED) is 0.560. The molecule has 140 valence electrons. The van der Waals surface area contributed by atoms with Gasteiger partial charge >= 0.3 is 0 Å². The number of aromatic nitrogens is 1. The minimum Gasteiger partial charge on any atom is -0.490 e. The first-order valence-corrected chi connectivity index (χ1v) is 8.75. The molecule has 1 aromatic heterocycles. The maximum Gasteiger partial charge on any atom is 0.224 e. The fraction of sp³-hybridized carbons (Fsp3) is 0.400. The Balaban J connectivity index is 2.24. The largest absolute Gasteiger partial charge is 0.490 e. The van der Waals surface area contributed by atoms with Crippen LogP contribution in [0.3, 0.4) is 0 Å². The predicted octanol–water partition coefficient (Wildman–Crippen LogP) is 3.64. The van der Waals surface area contributed by atoms with Crippen LogP contribution in [0.25, 0.3) is 0 Å². The first-order chi connectivity index (χ1) is 12.5. The van der Waals surface area contributed by atoms with Crippen molar-refractivity contribution >= 4 is 5.96 Å². The average molecular weight is 356 g/mol. The third kappa shape index (κ3) is 5.37. The summed E-state index contributed by atoms with van der Waals surface area (Å²) in [6.07, 6.45) is 2.66. The van der Waals surface area contributed by atoms with Gasteiger partial charge in [0.05, 0.1) is 13.2 Å². The maximum atomic E-state index is 6.06. The number of nitrogens with zero attached hydrogens (tertiary/aromatic N) is 4. The number of guanidine groups is 1. The molecule has 6 heteroatoms. The van der Waals surface area contributed by atoms with E-state index in [9.17, 15) is 0 Å². The second kappa shape index (κ2) is 9.65. The van der Waals surface area contributed by atoms with Crippen LogP contribution in [-0.2, 0) is 6.54 Å². The van der Waals surface area contributed by atoms with Crippen LogP contribution in [0.15, 0.2) is 47.6 Å². The first-order valence-electron chi connectivity index (χ1n) is 8.75. The van der Waals surface area contributed by atoms with Gasteiger partial charge in [-0.3, -0.25) is 0 Å². The summed E-state index contributed by atoms with van der Waals surface area (Å²) in [5.41, 5.74) is 0.916. The summed E-state index contributed by atoms with van der Waals surface area (Å²) in [5.74, 6) is 2.80. The number of pyridine rings is 1. The van der Waals surface area contributed by atoms with E-state index in [2.05, 4.69) is 16.9 Å². The zero-order valence-corrected chi connectivity index (χ0v) is 16.3. The minimum absolute atomic E-state index is 0.479. The van der Waals surface area contributed by atoms with Gasteiger partial charge in [0, 0.05) is 40.0 Å². The molecule has 0 aliphatic carbocycles. The maximum absolute atomic E-state index is 6.06. The first kappa shape index (κ1) is 19.6. The second-order valence-electron chi connectivity index (χ2n) is 6.27. The third-order valence-electron chi connectivity index (χ3n) is 3.56. The highest BCUT2D eigenvalue weighted by Gasteiger charge is 2.11. The minimum atomic E-state index is 0.479. The lowest BCUT2D eigenvalue weighted by Gasteiger charge is -2.22. The molecule has 0 aliphatic heterocycles. The fourth-order valence-corrected chi connectivity index (χ4v) is 2.44. The zero-order chi connectivity index (χ0) is 18.9. The van der Waals surface area contributed by atoms with Crippen molar-refractivity contribution in [2.24, 2.45) is 4.99 Å². The molecule has 0 spiro atoms. The molecule has 0 bridgehead atoms. The molecule has 1 heterocycles. The number of para-hydroxylation sites is 2. The number of benzene rings is 1. The van der Waals surface area contributed by atoms with Crippen LogP contribution in [0.5, 0.6) is 17.4 Å².